The average Bonchev–Trinajstić information content (AvgIpc) is 2.91. The van der Waals surface area contributed by atoms with Gasteiger partial charge in [0.2, 0.25) is 6.20 Å². The van der Waals surface area contributed by atoms with Gasteiger partial charge in [-0.2, -0.15) is 0 Å². The summed E-state index contributed by atoms with van der Waals surface area (Å²) in [4.78, 5) is 21.0. The molecule has 0 aliphatic heterocycles. The highest BCUT2D eigenvalue weighted by Crippen LogP contribution is 2.23. The van der Waals surface area contributed by atoms with Crippen LogP contribution in [0.25, 0.3) is 17.0 Å². The Bertz CT molecular complexity index is 939. The summed E-state index contributed by atoms with van der Waals surface area (Å²) in [6, 6.07) is 14.3. The van der Waals surface area contributed by atoms with E-state index in [1.54, 1.807) is 24.3 Å². The van der Waals surface area contributed by atoms with Gasteiger partial charge < -0.3 is 9.67 Å². The molecule has 1 heterocycles. The molecule has 3 aromatic rings. The molecule has 0 atom stereocenters. The molecule has 1 N–H and O–H groups in total. The van der Waals surface area contributed by atoms with Crippen LogP contribution in [0.3, 0.4) is 0 Å². The first kappa shape index (κ1) is 15.5. The van der Waals surface area contributed by atoms with Crippen LogP contribution >= 0.6 is 0 Å². The van der Waals surface area contributed by atoms with E-state index in [0.717, 1.165) is 28.2 Å². The number of carbonyl (C=O) groups is 1. The fourth-order valence-electron chi connectivity index (χ4n) is 2.63. The Morgan fingerprint density at radius 3 is 2.54 bits per heavy atom. The second-order valence-corrected chi connectivity index (χ2v) is 5.33. The van der Waals surface area contributed by atoms with Crippen LogP contribution in [0.4, 0.5) is 0 Å². The Hall–Kier alpha value is -3.41. The number of aromatic nitrogens is 1. The SMILES string of the molecule is O=C(O)c1ccc(Cn2cc(C=C[N+](=O)[O-])c3ccccc32)cc1. The van der Waals surface area contributed by atoms with E-state index in [0.29, 0.717) is 6.54 Å². The van der Waals surface area contributed by atoms with Gasteiger partial charge in [0.25, 0.3) is 0 Å². The molecule has 120 valence electrons. The van der Waals surface area contributed by atoms with Gasteiger partial charge in [0.05, 0.1) is 10.5 Å². The summed E-state index contributed by atoms with van der Waals surface area (Å²) >= 11 is 0. The summed E-state index contributed by atoms with van der Waals surface area (Å²) in [5, 5.41) is 20.4. The number of aromatic carboxylic acids is 1. The number of nitro groups is 1. The maximum atomic E-state index is 10.9. The molecular formula is C18H14N2O4. The number of fused-ring (bicyclic) bond motifs is 1. The van der Waals surface area contributed by atoms with Crippen LogP contribution in [0, 0.1) is 10.1 Å². The topological polar surface area (TPSA) is 85.4 Å². The first-order valence-corrected chi connectivity index (χ1v) is 7.26. The van der Waals surface area contributed by atoms with Crippen molar-refractivity contribution in [1.82, 2.24) is 4.57 Å². The van der Waals surface area contributed by atoms with Gasteiger partial charge in [-0.05, 0) is 23.8 Å². The van der Waals surface area contributed by atoms with E-state index in [-0.39, 0.29) is 5.56 Å². The maximum absolute atomic E-state index is 10.9. The summed E-state index contributed by atoms with van der Waals surface area (Å²) in [5.74, 6) is -0.958. The molecule has 24 heavy (non-hydrogen) atoms. The third-order valence-corrected chi connectivity index (χ3v) is 3.75. The number of hydrogen-bond donors (Lipinski definition) is 1. The minimum absolute atomic E-state index is 0.241. The maximum Gasteiger partial charge on any atom is 0.335 e. The van der Waals surface area contributed by atoms with E-state index in [1.807, 2.05) is 35.0 Å². The van der Waals surface area contributed by atoms with E-state index < -0.39 is 10.9 Å². The second-order valence-electron chi connectivity index (χ2n) is 5.33. The minimum Gasteiger partial charge on any atom is -0.478 e. The predicted octanol–water partition coefficient (Wildman–Crippen LogP) is 3.64. The molecule has 3 rings (SSSR count). The van der Waals surface area contributed by atoms with Crippen LogP contribution < -0.4 is 0 Å². The molecule has 0 unspecified atom stereocenters. The van der Waals surface area contributed by atoms with Crippen molar-refractivity contribution in [2.75, 3.05) is 0 Å². The summed E-state index contributed by atoms with van der Waals surface area (Å²) in [7, 11) is 0. The predicted molar refractivity (Wildman–Crippen MR) is 90.5 cm³/mol. The van der Waals surface area contributed by atoms with Crippen molar-refractivity contribution >= 4 is 22.9 Å². The normalized spacial score (nSPS) is 11.2. The van der Waals surface area contributed by atoms with E-state index in [1.165, 1.54) is 6.08 Å². The van der Waals surface area contributed by atoms with Gasteiger partial charge in [-0.3, -0.25) is 10.1 Å². The van der Waals surface area contributed by atoms with Crippen LogP contribution in [0.15, 0.2) is 60.9 Å². The zero-order valence-electron chi connectivity index (χ0n) is 12.6. The fraction of sp³-hybridized carbons (Fsp3) is 0.0556. The average molecular weight is 322 g/mol. The first-order valence-electron chi connectivity index (χ1n) is 7.26. The number of carboxylic acid groups (broad SMARTS) is 1. The van der Waals surface area contributed by atoms with Crippen molar-refractivity contribution in [3.05, 3.63) is 87.7 Å². The van der Waals surface area contributed by atoms with Crippen molar-refractivity contribution < 1.29 is 14.8 Å². The molecule has 6 heteroatoms. The number of hydrogen-bond acceptors (Lipinski definition) is 3. The molecular weight excluding hydrogens is 308 g/mol. The minimum atomic E-state index is -0.958. The highest BCUT2D eigenvalue weighted by Gasteiger charge is 2.08. The van der Waals surface area contributed by atoms with Gasteiger partial charge in [-0.25, -0.2) is 4.79 Å². The number of nitrogens with zero attached hydrogens (tertiary/aromatic N) is 2. The van der Waals surface area contributed by atoms with E-state index in [9.17, 15) is 14.9 Å². The van der Waals surface area contributed by atoms with Crippen LogP contribution in [0.2, 0.25) is 0 Å². The molecule has 1 aromatic heterocycles. The summed E-state index contributed by atoms with van der Waals surface area (Å²) in [5.41, 5.74) is 2.92. The molecule has 0 saturated heterocycles. The molecule has 0 fully saturated rings. The molecule has 0 aliphatic rings. The highest BCUT2D eigenvalue weighted by atomic mass is 16.6. The van der Waals surface area contributed by atoms with Gasteiger partial charge in [0, 0.05) is 35.3 Å². The van der Waals surface area contributed by atoms with Gasteiger partial charge in [-0.1, -0.05) is 30.3 Å². The van der Waals surface area contributed by atoms with Gasteiger partial charge in [0.15, 0.2) is 0 Å². The molecule has 0 aliphatic carbocycles. The van der Waals surface area contributed by atoms with Crippen molar-refractivity contribution in [1.29, 1.82) is 0 Å². The smallest absolute Gasteiger partial charge is 0.335 e. The summed E-state index contributed by atoms with van der Waals surface area (Å²) in [6.07, 6.45) is 4.26. The van der Waals surface area contributed by atoms with E-state index in [2.05, 4.69) is 0 Å². The van der Waals surface area contributed by atoms with Crippen molar-refractivity contribution in [2.24, 2.45) is 0 Å². The number of rotatable bonds is 5. The highest BCUT2D eigenvalue weighted by molar-refractivity contribution is 5.89. The molecule has 2 aromatic carbocycles. The fourth-order valence-corrected chi connectivity index (χ4v) is 2.63. The van der Waals surface area contributed by atoms with Gasteiger partial charge in [-0.15, -0.1) is 0 Å². The van der Waals surface area contributed by atoms with Crippen molar-refractivity contribution in [3.63, 3.8) is 0 Å². The van der Waals surface area contributed by atoms with Crippen molar-refractivity contribution in [3.8, 4) is 0 Å². The number of para-hydroxylation sites is 1. The lowest BCUT2D eigenvalue weighted by Gasteiger charge is -2.06. The Balaban J connectivity index is 1.97. The summed E-state index contributed by atoms with van der Waals surface area (Å²) in [6.45, 7) is 0.548. The Kier molecular flexibility index (Phi) is 4.11. The lowest BCUT2D eigenvalue weighted by atomic mass is 10.1. The zero-order chi connectivity index (χ0) is 17.1. The third-order valence-electron chi connectivity index (χ3n) is 3.75. The molecule has 0 saturated carbocycles. The third kappa shape index (κ3) is 3.17. The lowest BCUT2D eigenvalue weighted by Crippen LogP contribution is -2.00. The largest absolute Gasteiger partial charge is 0.478 e. The Morgan fingerprint density at radius 2 is 1.88 bits per heavy atom. The monoisotopic (exact) mass is 322 g/mol. The van der Waals surface area contributed by atoms with Crippen molar-refractivity contribution in [2.45, 2.75) is 6.54 Å². The molecule has 6 nitrogen and oxygen atoms in total. The van der Waals surface area contributed by atoms with Crippen LogP contribution in [-0.2, 0) is 6.54 Å². The lowest BCUT2D eigenvalue weighted by molar-refractivity contribution is -0.400. The Labute approximate surface area is 137 Å². The second kappa shape index (κ2) is 6.37. The van der Waals surface area contributed by atoms with Gasteiger partial charge >= 0.3 is 5.97 Å². The Morgan fingerprint density at radius 1 is 1.17 bits per heavy atom. The standard InChI is InChI=1S/C18H14N2O4/c21-18(22)14-7-5-13(6-8-14)11-19-12-15(9-10-20(23)24)16-3-1-2-4-17(16)19/h1-10,12H,11H2,(H,21,22). The zero-order valence-corrected chi connectivity index (χ0v) is 12.6. The molecule has 0 amide bonds. The number of carboxylic acids is 1. The van der Waals surface area contributed by atoms with Crippen LogP contribution in [-0.4, -0.2) is 20.6 Å². The van der Waals surface area contributed by atoms with Gasteiger partial charge in [0.1, 0.15) is 0 Å². The number of benzene rings is 2. The quantitative estimate of drug-likeness (QED) is 0.574. The molecule has 0 bridgehead atoms. The summed E-state index contributed by atoms with van der Waals surface area (Å²) < 4.78 is 1.99. The molecule has 0 radical (unpaired) electrons. The molecule has 0 spiro atoms. The van der Waals surface area contributed by atoms with E-state index >= 15 is 0 Å². The van der Waals surface area contributed by atoms with Crippen LogP contribution in [0.1, 0.15) is 21.5 Å². The first-order chi connectivity index (χ1) is 11.5. The van der Waals surface area contributed by atoms with Crippen LogP contribution in [0.5, 0.6) is 0 Å². The van der Waals surface area contributed by atoms with E-state index in [4.69, 9.17) is 5.11 Å².